The van der Waals surface area contributed by atoms with Gasteiger partial charge in [-0.15, -0.1) is 0 Å². The summed E-state index contributed by atoms with van der Waals surface area (Å²) < 4.78 is 11.0. The van der Waals surface area contributed by atoms with Gasteiger partial charge >= 0.3 is 0 Å². The summed E-state index contributed by atoms with van der Waals surface area (Å²) in [5.41, 5.74) is 0. The normalized spacial score (nSPS) is 35.9. The lowest BCUT2D eigenvalue weighted by molar-refractivity contribution is -0.129. The fraction of sp³-hybridized carbons (Fsp3) is 0.917. The molecule has 0 radical (unpaired) electrons. The second-order valence-electron chi connectivity index (χ2n) is 4.70. The zero-order valence-electron chi connectivity index (χ0n) is 9.41. The first-order chi connectivity index (χ1) is 7.27. The predicted octanol–water partition coefficient (Wildman–Crippen LogP) is 1.94. The van der Waals surface area contributed by atoms with E-state index in [2.05, 4.69) is 6.92 Å². The van der Waals surface area contributed by atoms with E-state index in [1.165, 1.54) is 0 Å². The van der Waals surface area contributed by atoms with Crippen LogP contribution in [-0.4, -0.2) is 31.2 Å². The van der Waals surface area contributed by atoms with E-state index >= 15 is 0 Å². The third-order valence-electron chi connectivity index (χ3n) is 3.44. The van der Waals surface area contributed by atoms with E-state index in [-0.39, 0.29) is 11.9 Å². The van der Waals surface area contributed by atoms with E-state index in [1.807, 2.05) is 0 Å². The molecule has 0 spiro atoms. The van der Waals surface area contributed by atoms with Crippen molar-refractivity contribution in [1.29, 1.82) is 0 Å². The highest BCUT2D eigenvalue weighted by Crippen LogP contribution is 2.24. The quantitative estimate of drug-likeness (QED) is 0.714. The summed E-state index contributed by atoms with van der Waals surface area (Å²) in [6.07, 6.45) is 4.99. The molecule has 2 aliphatic heterocycles. The summed E-state index contributed by atoms with van der Waals surface area (Å²) in [4.78, 5) is 11.8. The van der Waals surface area contributed by atoms with Gasteiger partial charge in [0.15, 0.2) is 5.78 Å². The molecule has 3 unspecified atom stereocenters. The van der Waals surface area contributed by atoms with Crippen LogP contribution in [0, 0.1) is 5.92 Å². The summed E-state index contributed by atoms with van der Waals surface area (Å²) >= 11 is 0. The Bertz CT molecular complexity index is 221. The Morgan fingerprint density at radius 2 is 2.13 bits per heavy atom. The zero-order valence-corrected chi connectivity index (χ0v) is 9.41. The third kappa shape index (κ3) is 2.79. The summed E-state index contributed by atoms with van der Waals surface area (Å²) in [5.74, 6) is 0.678. The van der Waals surface area contributed by atoms with Gasteiger partial charge in [0, 0.05) is 19.6 Å². The molecule has 3 nitrogen and oxygen atoms in total. The van der Waals surface area contributed by atoms with Gasteiger partial charge in [-0.3, -0.25) is 4.79 Å². The highest BCUT2D eigenvalue weighted by molar-refractivity contribution is 5.83. The van der Waals surface area contributed by atoms with Gasteiger partial charge in [-0.25, -0.2) is 0 Å². The van der Waals surface area contributed by atoms with Crippen molar-refractivity contribution < 1.29 is 14.3 Å². The average Bonchev–Trinajstić information content (AvgIpc) is 2.84. The Balaban J connectivity index is 1.71. The highest BCUT2D eigenvalue weighted by Gasteiger charge is 2.30. The molecule has 86 valence electrons. The molecule has 2 saturated heterocycles. The smallest absolute Gasteiger partial charge is 0.161 e. The lowest BCUT2D eigenvalue weighted by Gasteiger charge is -2.14. The van der Waals surface area contributed by atoms with Crippen LogP contribution in [0.25, 0.3) is 0 Å². The van der Waals surface area contributed by atoms with E-state index in [1.54, 1.807) is 0 Å². The lowest BCUT2D eigenvalue weighted by atomic mass is 9.97. The fourth-order valence-electron chi connectivity index (χ4n) is 2.42. The highest BCUT2D eigenvalue weighted by atomic mass is 16.5. The monoisotopic (exact) mass is 212 g/mol. The van der Waals surface area contributed by atoms with Gasteiger partial charge in [0.1, 0.15) is 6.10 Å². The molecule has 0 aromatic rings. The van der Waals surface area contributed by atoms with Crippen molar-refractivity contribution in [1.82, 2.24) is 0 Å². The van der Waals surface area contributed by atoms with Crippen molar-refractivity contribution in [3.8, 4) is 0 Å². The summed E-state index contributed by atoms with van der Waals surface area (Å²) in [6, 6.07) is 0. The van der Waals surface area contributed by atoms with E-state index in [0.717, 1.165) is 38.9 Å². The second kappa shape index (κ2) is 5.08. The number of Topliss-reactive ketones (excluding diaryl/α,β-unsaturated/α-hetero) is 1. The van der Waals surface area contributed by atoms with Crippen molar-refractivity contribution in [2.75, 3.05) is 13.2 Å². The molecule has 2 rings (SSSR count). The molecule has 2 aliphatic rings. The van der Waals surface area contributed by atoms with Gasteiger partial charge in [0.05, 0.1) is 6.10 Å². The first-order valence-electron chi connectivity index (χ1n) is 6.03. The molecule has 2 heterocycles. The molecule has 0 amide bonds. The maximum atomic E-state index is 11.8. The van der Waals surface area contributed by atoms with Gasteiger partial charge in [-0.2, -0.15) is 0 Å². The molecule has 0 N–H and O–H groups in total. The molecule has 0 aromatic heterocycles. The van der Waals surface area contributed by atoms with Gasteiger partial charge in [-0.1, -0.05) is 6.92 Å². The van der Waals surface area contributed by atoms with E-state index in [9.17, 15) is 4.79 Å². The largest absolute Gasteiger partial charge is 0.378 e. The molecule has 15 heavy (non-hydrogen) atoms. The minimum atomic E-state index is -0.133. The van der Waals surface area contributed by atoms with Crippen LogP contribution in [0.2, 0.25) is 0 Å². The fourth-order valence-corrected chi connectivity index (χ4v) is 2.42. The van der Waals surface area contributed by atoms with Gasteiger partial charge < -0.3 is 9.47 Å². The van der Waals surface area contributed by atoms with Crippen LogP contribution < -0.4 is 0 Å². The van der Waals surface area contributed by atoms with Gasteiger partial charge in [0.2, 0.25) is 0 Å². The molecule has 0 aromatic carbocycles. The average molecular weight is 212 g/mol. The number of ketones is 1. The SMILES string of the molecule is CC1CCOC1C(=O)CCC1CCCO1. The number of carbonyl (C=O) groups excluding carboxylic acids is 1. The van der Waals surface area contributed by atoms with Crippen molar-refractivity contribution in [3.05, 3.63) is 0 Å². The van der Waals surface area contributed by atoms with Crippen LogP contribution in [0.1, 0.15) is 39.0 Å². The summed E-state index contributed by atoms with van der Waals surface area (Å²) in [7, 11) is 0. The van der Waals surface area contributed by atoms with Crippen LogP contribution in [0.3, 0.4) is 0 Å². The van der Waals surface area contributed by atoms with Crippen molar-refractivity contribution in [2.45, 2.75) is 51.2 Å². The first-order valence-corrected chi connectivity index (χ1v) is 6.03. The van der Waals surface area contributed by atoms with Crippen LogP contribution in [0.5, 0.6) is 0 Å². The molecular formula is C12H20O3. The topological polar surface area (TPSA) is 35.5 Å². The lowest BCUT2D eigenvalue weighted by Crippen LogP contribution is -2.26. The first kappa shape index (κ1) is 11.1. The minimum absolute atomic E-state index is 0.133. The van der Waals surface area contributed by atoms with Gasteiger partial charge in [0.25, 0.3) is 0 Å². The van der Waals surface area contributed by atoms with Crippen molar-refractivity contribution in [3.63, 3.8) is 0 Å². The minimum Gasteiger partial charge on any atom is -0.378 e. The number of rotatable bonds is 4. The van der Waals surface area contributed by atoms with E-state index < -0.39 is 0 Å². The molecule has 0 bridgehead atoms. The van der Waals surface area contributed by atoms with Crippen LogP contribution >= 0.6 is 0 Å². The predicted molar refractivity (Wildman–Crippen MR) is 56.7 cm³/mol. The van der Waals surface area contributed by atoms with Crippen LogP contribution in [0.4, 0.5) is 0 Å². The zero-order chi connectivity index (χ0) is 10.7. The molecule has 2 fully saturated rings. The Labute approximate surface area is 91.1 Å². The maximum absolute atomic E-state index is 11.8. The van der Waals surface area contributed by atoms with E-state index in [4.69, 9.17) is 9.47 Å². The molecule has 3 atom stereocenters. The third-order valence-corrected chi connectivity index (χ3v) is 3.44. The number of ether oxygens (including phenoxy) is 2. The number of carbonyl (C=O) groups is 1. The molecule has 0 aliphatic carbocycles. The van der Waals surface area contributed by atoms with Gasteiger partial charge in [-0.05, 0) is 31.6 Å². The molecule has 3 heteroatoms. The maximum Gasteiger partial charge on any atom is 0.161 e. The Kier molecular flexibility index (Phi) is 3.76. The molecular weight excluding hydrogens is 192 g/mol. The standard InChI is InChI=1S/C12H20O3/c1-9-6-8-15-12(9)11(13)5-4-10-3-2-7-14-10/h9-10,12H,2-8H2,1H3. The summed E-state index contributed by atoms with van der Waals surface area (Å²) in [6.45, 7) is 3.72. The Morgan fingerprint density at radius 1 is 1.27 bits per heavy atom. The van der Waals surface area contributed by atoms with Crippen molar-refractivity contribution >= 4 is 5.78 Å². The number of hydrogen-bond donors (Lipinski definition) is 0. The van der Waals surface area contributed by atoms with Crippen molar-refractivity contribution in [2.24, 2.45) is 5.92 Å². The Morgan fingerprint density at radius 3 is 2.73 bits per heavy atom. The second-order valence-corrected chi connectivity index (χ2v) is 4.70. The molecule has 0 saturated carbocycles. The van der Waals surface area contributed by atoms with E-state index in [0.29, 0.717) is 18.4 Å². The Hall–Kier alpha value is -0.410. The summed E-state index contributed by atoms with van der Waals surface area (Å²) in [5, 5.41) is 0. The number of hydrogen-bond acceptors (Lipinski definition) is 3. The van der Waals surface area contributed by atoms with Crippen LogP contribution in [-0.2, 0) is 14.3 Å². The van der Waals surface area contributed by atoms with Crippen LogP contribution in [0.15, 0.2) is 0 Å².